The molecule has 4 nitrogen and oxygen atoms in total. The number of nitrogens with zero attached hydrogens (tertiary/aromatic N) is 1. The maximum absolute atomic E-state index is 12.3. The number of pyridine rings is 1. The van der Waals surface area contributed by atoms with Crippen LogP contribution in [0.3, 0.4) is 0 Å². The van der Waals surface area contributed by atoms with Crippen molar-refractivity contribution in [2.24, 2.45) is 0 Å². The highest BCUT2D eigenvalue weighted by Gasteiger charge is 2.21. The Morgan fingerprint density at radius 2 is 2.00 bits per heavy atom. The molecular formula is C16H24N2O2S. The van der Waals surface area contributed by atoms with E-state index in [-0.39, 0.29) is 22.8 Å². The van der Waals surface area contributed by atoms with Crippen LogP contribution in [0, 0.1) is 0 Å². The van der Waals surface area contributed by atoms with Gasteiger partial charge in [0.2, 0.25) is 0 Å². The van der Waals surface area contributed by atoms with Gasteiger partial charge in [0.15, 0.2) is 0 Å². The van der Waals surface area contributed by atoms with Crippen molar-refractivity contribution in [3.63, 3.8) is 0 Å². The predicted molar refractivity (Wildman–Crippen MR) is 85.6 cm³/mol. The molecule has 1 aliphatic carbocycles. The maximum Gasteiger partial charge on any atom is 0.251 e. The minimum Gasteiger partial charge on any atom is -0.393 e. The first kappa shape index (κ1) is 16.3. The average molecular weight is 308 g/mol. The van der Waals surface area contributed by atoms with Gasteiger partial charge in [-0.25, -0.2) is 4.98 Å². The van der Waals surface area contributed by atoms with Crippen LogP contribution in [-0.4, -0.2) is 32.9 Å². The van der Waals surface area contributed by atoms with Gasteiger partial charge in [0, 0.05) is 22.5 Å². The van der Waals surface area contributed by atoms with Gasteiger partial charge in [-0.2, -0.15) is 0 Å². The van der Waals surface area contributed by atoms with Gasteiger partial charge >= 0.3 is 0 Å². The highest BCUT2D eigenvalue weighted by molar-refractivity contribution is 8.00. The number of hydrogen-bond donors (Lipinski definition) is 2. The summed E-state index contributed by atoms with van der Waals surface area (Å²) in [6, 6.07) is 3.77. The van der Waals surface area contributed by atoms with Gasteiger partial charge in [-0.15, -0.1) is 11.8 Å². The van der Waals surface area contributed by atoms with E-state index < -0.39 is 0 Å². The van der Waals surface area contributed by atoms with E-state index in [0.717, 1.165) is 30.7 Å². The van der Waals surface area contributed by atoms with Crippen LogP contribution in [0.5, 0.6) is 0 Å². The SMILES string of the molecule is CC(C)(C)Sc1cc(C(=O)NC2CCC(O)CC2)ccn1. The van der Waals surface area contributed by atoms with Gasteiger partial charge in [0.05, 0.1) is 11.1 Å². The summed E-state index contributed by atoms with van der Waals surface area (Å²) in [5, 5.41) is 13.4. The van der Waals surface area contributed by atoms with Gasteiger partial charge in [-0.1, -0.05) is 20.8 Å². The van der Waals surface area contributed by atoms with Crippen molar-refractivity contribution < 1.29 is 9.90 Å². The van der Waals surface area contributed by atoms with Crippen molar-refractivity contribution in [2.45, 2.75) is 68.4 Å². The van der Waals surface area contributed by atoms with Crippen LogP contribution < -0.4 is 5.32 Å². The van der Waals surface area contributed by atoms with Gasteiger partial charge in [0.25, 0.3) is 5.91 Å². The summed E-state index contributed by atoms with van der Waals surface area (Å²) in [6.45, 7) is 6.37. The van der Waals surface area contributed by atoms with E-state index in [1.165, 1.54) is 0 Å². The van der Waals surface area contributed by atoms with Crippen molar-refractivity contribution in [1.29, 1.82) is 0 Å². The molecular weight excluding hydrogens is 284 g/mol. The molecule has 1 aromatic heterocycles. The van der Waals surface area contributed by atoms with Crippen LogP contribution in [0.4, 0.5) is 0 Å². The van der Waals surface area contributed by atoms with E-state index in [1.54, 1.807) is 24.0 Å². The van der Waals surface area contributed by atoms with Gasteiger partial charge in [-0.3, -0.25) is 4.79 Å². The first-order chi connectivity index (χ1) is 9.83. The fourth-order valence-corrected chi connectivity index (χ4v) is 3.34. The Kier molecular flexibility index (Phi) is 5.27. The Balaban J connectivity index is 1.97. The van der Waals surface area contributed by atoms with E-state index in [4.69, 9.17) is 0 Å². The number of aliphatic hydroxyl groups excluding tert-OH is 1. The molecule has 1 aliphatic rings. The average Bonchev–Trinajstić information content (AvgIpc) is 2.40. The van der Waals surface area contributed by atoms with Crippen LogP contribution in [0.15, 0.2) is 23.4 Å². The molecule has 116 valence electrons. The second-order valence-electron chi connectivity index (χ2n) is 6.58. The summed E-state index contributed by atoms with van der Waals surface area (Å²) < 4.78 is 0.0710. The van der Waals surface area contributed by atoms with E-state index in [1.807, 2.05) is 6.07 Å². The monoisotopic (exact) mass is 308 g/mol. The number of rotatable bonds is 3. The number of thioether (sulfide) groups is 1. The fraction of sp³-hybridized carbons (Fsp3) is 0.625. The quantitative estimate of drug-likeness (QED) is 0.843. The zero-order valence-corrected chi connectivity index (χ0v) is 13.7. The molecule has 2 N–H and O–H groups in total. The lowest BCUT2D eigenvalue weighted by Crippen LogP contribution is -2.38. The smallest absolute Gasteiger partial charge is 0.251 e. The number of aliphatic hydroxyl groups is 1. The molecule has 1 saturated carbocycles. The Morgan fingerprint density at radius 3 is 2.62 bits per heavy atom. The summed E-state index contributed by atoms with van der Waals surface area (Å²) in [5.41, 5.74) is 0.655. The zero-order chi connectivity index (χ0) is 15.5. The van der Waals surface area contributed by atoms with Crippen molar-refractivity contribution >= 4 is 17.7 Å². The molecule has 0 radical (unpaired) electrons. The van der Waals surface area contributed by atoms with E-state index in [9.17, 15) is 9.90 Å². The van der Waals surface area contributed by atoms with E-state index >= 15 is 0 Å². The number of amides is 1. The van der Waals surface area contributed by atoms with Crippen LogP contribution in [-0.2, 0) is 0 Å². The third-order valence-electron chi connectivity index (χ3n) is 3.44. The highest BCUT2D eigenvalue weighted by atomic mass is 32.2. The standard InChI is InChI=1S/C16H24N2O2S/c1-16(2,3)21-14-10-11(8-9-17-14)15(20)18-12-4-6-13(19)7-5-12/h8-10,12-13,19H,4-7H2,1-3H3,(H,18,20). The minimum absolute atomic E-state index is 0.0467. The Hall–Kier alpha value is -1.07. The van der Waals surface area contributed by atoms with Crippen LogP contribution in [0.25, 0.3) is 0 Å². The largest absolute Gasteiger partial charge is 0.393 e. The Bertz CT molecular complexity index is 491. The number of hydrogen-bond acceptors (Lipinski definition) is 4. The molecule has 1 heterocycles. The second-order valence-corrected chi connectivity index (χ2v) is 8.42. The first-order valence-corrected chi connectivity index (χ1v) is 8.29. The van der Waals surface area contributed by atoms with Gasteiger partial charge in [-0.05, 0) is 37.8 Å². The lowest BCUT2D eigenvalue weighted by atomic mass is 9.93. The van der Waals surface area contributed by atoms with Crippen molar-refractivity contribution in [3.05, 3.63) is 23.9 Å². The number of aromatic nitrogens is 1. The summed E-state index contributed by atoms with van der Waals surface area (Å²) in [4.78, 5) is 16.6. The van der Waals surface area contributed by atoms with E-state index in [2.05, 4.69) is 31.1 Å². The Labute approximate surface area is 130 Å². The molecule has 1 amide bonds. The lowest BCUT2D eigenvalue weighted by Gasteiger charge is -2.26. The third kappa shape index (κ3) is 5.32. The summed E-state index contributed by atoms with van der Waals surface area (Å²) in [5.74, 6) is -0.0467. The van der Waals surface area contributed by atoms with Crippen LogP contribution in [0.2, 0.25) is 0 Å². The topological polar surface area (TPSA) is 62.2 Å². The molecule has 0 spiro atoms. The zero-order valence-electron chi connectivity index (χ0n) is 12.9. The minimum atomic E-state index is -0.200. The molecule has 1 aromatic rings. The molecule has 0 aliphatic heterocycles. The molecule has 0 atom stereocenters. The predicted octanol–water partition coefficient (Wildman–Crippen LogP) is 3.01. The normalized spacial score (nSPS) is 22.9. The van der Waals surface area contributed by atoms with Gasteiger partial charge < -0.3 is 10.4 Å². The van der Waals surface area contributed by atoms with Gasteiger partial charge in [0.1, 0.15) is 0 Å². The molecule has 5 heteroatoms. The third-order valence-corrected chi connectivity index (χ3v) is 4.48. The molecule has 2 rings (SSSR count). The van der Waals surface area contributed by atoms with Crippen LogP contribution in [0.1, 0.15) is 56.8 Å². The number of carbonyl (C=O) groups excluding carboxylic acids is 1. The highest BCUT2D eigenvalue weighted by Crippen LogP contribution is 2.30. The summed E-state index contributed by atoms with van der Waals surface area (Å²) in [7, 11) is 0. The Morgan fingerprint density at radius 1 is 1.33 bits per heavy atom. The lowest BCUT2D eigenvalue weighted by molar-refractivity contribution is 0.0867. The number of nitrogens with one attached hydrogen (secondary N) is 1. The molecule has 1 fully saturated rings. The molecule has 0 aromatic carbocycles. The van der Waals surface area contributed by atoms with Crippen molar-refractivity contribution in [3.8, 4) is 0 Å². The van der Waals surface area contributed by atoms with Crippen molar-refractivity contribution in [1.82, 2.24) is 10.3 Å². The second kappa shape index (κ2) is 6.79. The van der Waals surface area contributed by atoms with E-state index in [0.29, 0.717) is 5.56 Å². The number of carbonyl (C=O) groups is 1. The van der Waals surface area contributed by atoms with Crippen LogP contribution >= 0.6 is 11.8 Å². The maximum atomic E-state index is 12.3. The summed E-state index contributed by atoms with van der Waals surface area (Å²) >= 11 is 1.65. The molecule has 0 saturated heterocycles. The first-order valence-electron chi connectivity index (χ1n) is 7.47. The molecule has 0 unspecified atom stereocenters. The van der Waals surface area contributed by atoms with Crippen molar-refractivity contribution in [2.75, 3.05) is 0 Å². The summed E-state index contributed by atoms with van der Waals surface area (Å²) in [6.07, 6.45) is 4.73. The molecule has 21 heavy (non-hydrogen) atoms. The molecule has 0 bridgehead atoms. The fourth-order valence-electron chi connectivity index (χ4n) is 2.41.